The number of amides is 1. The molecule has 1 aliphatic heterocycles. The molecule has 7 heteroatoms. The van der Waals surface area contributed by atoms with E-state index in [1.165, 1.54) is 0 Å². The third-order valence-corrected chi connectivity index (χ3v) is 4.67. The molecule has 0 radical (unpaired) electrons. The van der Waals surface area contributed by atoms with Crippen LogP contribution < -0.4 is 0 Å². The predicted octanol–water partition coefficient (Wildman–Crippen LogP) is 1.69. The zero-order valence-electron chi connectivity index (χ0n) is 13.5. The Morgan fingerprint density at radius 2 is 2.17 bits per heavy atom. The summed E-state index contributed by atoms with van der Waals surface area (Å²) in [6.45, 7) is 6.75. The van der Waals surface area contributed by atoms with Crippen LogP contribution in [-0.2, 0) is 11.3 Å². The average molecular weight is 316 g/mol. The number of nitrogens with zero attached hydrogens (tertiary/aromatic N) is 4. The average Bonchev–Trinajstić information content (AvgIpc) is 3.08. The highest BCUT2D eigenvalue weighted by molar-refractivity contribution is 5.98. The van der Waals surface area contributed by atoms with E-state index < -0.39 is 11.9 Å². The molecular weight excluding hydrogens is 296 g/mol. The van der Waals surface area contributed by atoms with Gasteiger partial charge in [0.2, 0.25) is 0 Å². The molecule has 7 nitrogen and oxygen atoms in total. The summed E-state index contributed by atoms with van der Waals surface area (Å²) in [6, 6.07) is 1.49. The van der Waals surface area contributed by atoms with Gasteiger partial charge in [-0.2, -0.15) is 5.10 Å². The van der Waals surface area contributed by atoms with Crippen molar-refractivity contribution < 1.29 is 14.7 Å². The highest BCUT2D eigenvalue weighted by Gasteiger charge is 2.38. The number of pyridine rings is 1. The van der Waals surface area contributed by atoms with Crippen molar-refractivity contribution in [2.24, 2.45) is 5.92 Å². The van der Waals surface area contributed by atoms with Gasteiger partial charge in [-0.3, -0.25) is 9.59 Å². The summed E-state index contributed by atoms with van der Waals surface area (Å²) in [7, 11) is 0. The summed E-state index contributed by atoms with van der Waals surface area (Å²) < 4.78 is 1.79. The summed E-state index contributed by atoms with van der Waals surface area (Å²) in [5, 5.41) is 14.3. The van der Waals surface area contributed by atoms with Crippen molar-refractivity contribution in [2.75, 3.05) is 6.54 Å². The second-order valence-electron chi connectivity index (χ2n) is 5.97. The van der Waals surface area contributed by atoms with E-state index >= 15 is 0 Å². The molecule has 122 valence electrons. The molecule has 1 N–H and O–H groups in total. The van der Waals surface area contributed by atoms with Crippen LogP contribution in [0, 0.1) is 12.8 Å². The molecule has 2 aromatic rings. The molecule has 0 saturated carbocycles. The minimum atomic E-state index is -0.845. The zero-order valence-corrected chi connectivity index (χ0v) is 13.5. The van der Waals surface area contributed by atoms with E-state index in [4.69, 9.17) is 0 Å². The quantitative estimate of drug-likeness (QED) is 0.931. The number of rotatable bonds is 3. The number of carboxylic acids is 1. The number of carbonyl (C=O) groups is 2. The zero-order chi connectivity index (χ0) is 16.7. The molecular formula is C16H20N4O3. The Balaban J connectivity index is 1.95. The van der Waals surface area contributed by atoms with Crippen molar-refractivity contribution in [1.29, 1.82) is 0 Å². The third-order valence-electron chi connectivity index (χ3n) is 4.67. The summed E-state index contributed by atoms with van der Waals surface area (Å²) >= 11 is 0. The van der Waals surface area contributed by atoms with Crippen LogP contribution in [-0.4, -0.2) is 49.2 Å². The Hall–Kier alpha value is -2.44. The largest absolute Gasteiger partial charge is 0.481 e. The van der Waals surface area contributed by atoms with Crippen LogP contribution in [0.5, 0.6) is 0 Å². The standard InChI is InChI=1S/C16H20N4O3/c1-4-20-14-11(8-17-20)7-13(9(2)18-14)15(21)19-6-5-12(10(19)3)16(22)23/h7-8,10,12H,4-6H2,1-3H3,(H,22,23). The van der Waals surface area contributed by atoms with Crippen LogP contribution in [0.2, 0.25) is 0 Å². The number of likely N-dealkylation sites (tertiary alicyclic amines) is 1. The Kier molecular flexibility index (Phi) is 3.79. The first-order valence-electron chi connectivity index (χ1n) is 7.81. The number of aromatic nitrogens is 3. The Morgan fingerprint density at radius 3 is 2.78 bits per heavy atom. The van der Waals surface area contributed by atoms with Gasteiger partial charge in [-0.15, -0.1) is 0 Å². The smallest absolute Gasteiger partial charge is 0.308 e. The molecule has 3 rings (SSSR count). The maximum absolute atomic E-state index is 12.8. The number of hydrogen-bond donors (Lipinski definition) is 1. The van der Waals surface area contributed by atoms with E-state index in [1.807, 2.05) is 6.92 Å². The van der Waals surface area contributed by atoms with Gasteiger partial charge in [0.15, 0.2) is 5.65 Å². The van der Waals surface area contributed by atoms with Crippen LogP contribution in [0.3, 0.4) is 0 Å². The maximum atomic E-state index is 12.8. The molecule has 1 fully saturated rings. The molecule has 3 heterocycles. The number of carbonyl (C=O) groups excluding carboxylic acids is 1. The first kappa shape index (κ1) is 15.5. The molecule has 1 amide bonds. The molecule has 2 aromatic heterocycles. The van der Waals surface area contributed by atoms with Gasteiger partial charge in [-0.1, -0.05) is 0 Å². The lowest BCUT2D eigenvalue weighted by Crippen LogP contribution is -2.38. The van der Waals surface area contributed by atoms with E-state index in [-0.39, 0.29) is 11.9 Å². The third kappa shape index (κ3) is 2.46. The highest BCUT2D eigenvalue weighted by Crippen LogP contribution is 2.27. The number of fused-ring (bicyclic) bond motifs is 1. The predicted molar refractivity (Wildman–Crippen MR) is 84.2 cm³/mol. The summed E-state index contributed by atoms with van der Waals surface area (Å²) in [5.74, 6) is -1.50. The van der Waals surface area contributed by atoms with Gasteiger partial charge in [0.05, 0.1) is 23.4 Å². The fourth-order valence-electron chi connectivity index (χ4n) is 3.26. The molecule has 0 bridgehead atoms. The van der Waals surface area contributed by atoms with Crippen molar-refractivity contribution >= 4 is 22.9 Å². The second kappa shape index (κ2) is 5.64. The number of hydrogen-bond acceptors (Lipinski definition) is 4. The summed E-state index contributed by atoms with van der Waals surface area (Å²) in [4.78, 5) is 30.2. The van der Waals surface area contributed by atoms with Crippen LogP contribution in [0.1, 0.15) is 36.3 Å². The monoisotopic (exact) mass is 316 g/mol. The molecule has 0 aliphatic carbocycles. The van der Waals surface area contributed by atoms with Crippen molar-refractivity contribution in [2.45, 2.75) is 39.8 Å². The topological polar surface area (TPSA) is 88.3 Å². The molecule has 0 aromatic carbocycles. The molecule has 2 atom stereocenters. The maximum Gasteiger partial charge on any atom is 0.308 e. The molecule has 23 heavy (non-hydrogen) atoms. The number of aryl methyl sites for hydroxylation is 2. The van der Waals surface area contributed by atoms with E-state index in [0.29, 0.717) is 30.8 Å². The number of carboxylic acid groups (broad SMARTS) is 1. The van der Waals surface area contributed by atoms with E-state index in [9.17, 15) is 14.7 Å². The molecule has 1 saturated heterocycles. The Bertz CT molecular complexity index is 783. The van der Waals surface area contributed by atoms with E-state index in [1.54, 1.807) is 35.7 Å². The fourth-order valence-corrected chi connectivity index (χ4v) is 3.26. The van der Waals surface area contributed by atoms with Gasteiger partial charge in [0.25, 0.3) is 5.91 Å². The SMILES string of the molecule is CCn1ncc2cc(C(=O)N3CCC(C(=O)O)C3C)c(C)nc21. The van der Waals surface area contributed by atoms with Gasteiger partial charge in [0, 0.05) is 24.5 Å². The lowest BCUT2D eigenvalue weighted by molar-refractivity contribution is -0.142. The van der Waals surface area contributed by atoms with Gasteiger partial charge >= 0.3 is 5.97 Å². The van der Waals surface area contributed by atoms with Crippen molar-refractivity contribution in [3.8, 4) is 0 Å². The van der Waals surface area contributed by atoms with Gasteiger partial charge in [-0.05, 0) is 33.3 Å². The van der Waals surface area contributed by atoms with Crippen LogP contribution in [0.25, 0.3) is 11.0 Å². The van der Waals surface area contributed by atoms with Crippen LogP contribution >= 0.6 is 0 Å². The lowest BCUT2D eigenvalue weighted by atomic mass is 10.0. The van der Waals surface area contributed by atoms with Crippen molar-refractivity contribution in [3.63, 3.8) is 0 Å². The first-order valence-corrected chi connectivity index (χ1v) is 7.81. The molecule has 1 aliphatic rings. The van der Waals surface area contributed by atoms with Gasteiger partial charge < -0.3 is 10.0 Å². The van der Waals surface area contributed by atoms with Crippen molar-refractivity contribution in [3.05, 3.63) is 23.5 Å². The second-order valence-corrected chi connectivity index (χ2v) is 5.97. The number of aliphatic carboxylic acids is 1. The minimum Gasteiger partial charge on any atom is -0.481 e. The highest BCUT2D eigenvalue weighted by atomic mass is 16.4. The minimum absolute atomic E-state index is 0.155. The fraction of sp³-hybridized carbons (Fsp3) is 0.500. The summed E-state index contributed by atoms with van der Waals surface area (Å²) in [5.41, 5.74) is 1.93. The molecule has 2 unspecified atom stereocenters. The van der Waals surface area contributed by atoms with Crippen molar-refractivity contribution in [1.82, 2.24) is 19.7 Å². The van der Waals surface area contributed by atoms with Gasteiger partial charge in [-0.25, -0.2) is 9.67 Å². The Labute approximate surface area is 133 Å². The van der Waals surface area contributed by atoms with Crippen LogP contribution in [0.15, 0.2) is 12.3 Å². The summed E-state index contributed by atoms with van der Waals surface area (Å²) in [6.07, 6.45) is 2.19. The van der Waals surface area contributed by atoms with E-state index in [2.05, 4.69) is 10.1 Å². The van der Waals surface area contributed by atoms with Crippen LogP contribution in [0.4, 0.5) is 0 Å². The first-order chi connectivity index (χ1) is 10.9. The normalized spacial score (nSPS) is 21.1. The lowest BCUT2D eigenvalue weighted by Gasteiger charge is -2.24. The molecule has 0 spiro atoms. The van der Waals surface area contributed by atoms with Gasteiger partial charge in [0.1, 0.15) is 0 Å². The Morgan fingerprint density at radius 1 is 1.43 bits per heavy atom. The van der Waals surface area contributed by atoms with E-state index in [0.717, 1.165) is 11.0 Å².